The van der Waals surface area contributed by atoms with Gasteiger partial charge in [0.05, 0.1) is 37.4 Å². The maximum Gasteiger partial charge on any atom is 0.229 e. The number of piperidine rings is 1. The number of rotatable bonds is 5. The SMILES string of the molecule is COc1ccc(NC(=O)[C@@H]2CCCN(c3cnc4ccccc4n3)C2)cc1OC. The molecule has 7 heteroatoms. The first kappa shape index (κ1) is 19.0. The van der Waals surface area contributed by atoms with Crippen LogP contribution in [0.2, 0.25) is 0 Å². The van der Waals surface area contributed by atoms with Gasteiger partial charge in [-0.15, -0.1) is 0 Å². The predicted molar refractivity (Wildman–Crippen MR) is 113 cm³/mol. The van der Waals surface area contributed by atoms with E-state index in [0.717, 1.165) is 36.2 Å². The number of methoxy groups -OCH3 is 2. The number of carbonyl (C=O) groups is 1. The maximum absolute atomic E-state index is 12.9. The number of carbonyl (C=O) groups excluding carboxylic acids is 1. The average Bonchev–Trinajstić information content (AvgIpc) is 2.78. The summed E-state index contributed by atoms with van der Waals surface area (Å²) in [6, 6.07) is 13.2. The highest BCUT2D eigenvalue weighted by atomic mass is 16.5. The summed E-state index contributed by atoms with van der Waals surface area (Å²) in [6.07, 6.45) is 3.56. The van der Waals surface area contributed by atoms with Crippen molar-refractivity contribution in [2.75, 3.05) is 37.5 Å². The Hall–Kier alpha value is -3.35. The van der Waals surface area contributed by atoms with Crippen LogP contribution in [-0.2, 0) is 4.79 Å². The van der Waals surface area contributed by atoms with Crippen molar-refractivity contribution in [3.8, 4) is 11.5 Å². The fourth-order valence-corrected chi connectivity index (χ4v) is 3.66. The number of hydrogen-bond acceptors (Lipinski definition) is 6. The first-order chi connectivity index (χ1) is 14.2. The van der Waals surface area contributed by atoms with E-state index in [2.05, 4.69) is 15.2 Å². The highest BCUT2D eigenvalue weighted by Crippen LogP contribution is 2.30. The van der Waals surface area contributed by atoms with Crippen LogP contribution >= 0.6 is 0 Å². The quantitative estimate of drug-likeness (QED) is 0.716. The van der Waals surface area contributed by atoms with Gasteiger partial charge >= 0.3 is 0 Å². The van der Waals surface area contributed by atoms with E-state index in [0.29, 0.717) is 23.7 Å². The monoisotopic (exact) mass is 392 g/mol. The lowest BCUT2D eigenvalue weighted by Gasteiger charge is -2.32. The molecule has 2 aromatic carbocycles. The van der Waals surface area contributed by atoms with E-state index in [9.17, 15) is 4.79 Å². The van der Waals surface area contributed by atoms with E-state index in [4.69, 9.17) is 14.5 Å². The Labute approximate surface area is 169 Å². The highest BCUT2D eigenvalue weighted by molar-refractivity contribution is 5.93. The second kappa shape index (κ2) is 8.34. The zero-order chi connectivity index (χ0) is 20.2. The van der Waals surface area contributed by atoms with E-state index in [1.54, 1.807) is 32.5 Å². The minimum Gasteiger partial charge on any atom is -0.493 e. The summed E-state index contributed by atoms with van der Waals surface area (Å²) in [5.41, 5.74) is 2.42. The van der Waals surface area contributed by atoms with Crippen LogP contribution in [0.5, 0.6) is 11.5 Å². The van der Waals surface area contributed by atoms with E-state index < -0.39 is 0 Å². The minimum absolute atomic E-state index is 0.00401. The molecule has 0 bridgehead atoms. The number of nitrogens with zero attached hydrogens (tertiary/aromatic N) is 3. The molecule has 0 saturated carbocycles. The zero-order valence-electron chi connectivity index (χ0n) is 16.6. The van der Waals surface area contributed by atoms with Gasteiger partial charge in [-0.3, -0.25) is 9.78 Å². The van der Waals surface area contributed by atoms with Crippen molar-refractivity contribution >= 4 is 28.4 Å². The molecule has 2 heterocycles. The van der Waals surface area contributed by atoms with Crippen molar-refractivity contribution in [1.82, 2.24) is 9.97 Å². The Bertz CT molecular complexity index is 1020. The molecule has 1 aliphatic rings. The molecule has 1 atom stereocenters. The van der Waals surface area contributed by atoms with Gasteiger partial charge in [-0.25, -0.2) is 4.98 Å². The van der Waals surface area contributed by atoms with Crippen molar-refractivity contribution < 1.29 is 14.3 Å². The van der Waals surface area contributed by atoms with Crippen molar-refractivity contribution in [2.45, 2.75) is 12.8 Å². The third kappa shape index (κ3) is 4.08. The Morgan fingerprint density at radius 3 is 2.69 bits per heavy atom. The molecule has 0 aliphatic carbocycles. The van der Waals surface area contributed by atoms with Gasteiger partial charge < -0.3 is 19.7 Å². The largest absolute Gasteiger partial charge is 0.493 e. The Morgan fingerprint density at radius 1 is 1.10 bits per heavy atom. The van der Waals surface area contributed by atoms with Gasteiger partial charge in [-0.1, -0.05) is 12.1 Å². The first-order valence-electron chi connectivity index (χ1n) is 9.67. The van der Waals surface area contributed by atoms with E-state index >= 15 is 0 Å². The van der Waals surface area contributed by atoms with Crippen LogP contribution in [0.1, 0.15) is 12.8 Å². The molecule has 1 amide bonds. The molecule has 1 fully saturated rings. The highest BCUT2D eigenvalue weighted by Gasteiger charge is 2.27. The molecule has 1 N–H and O–H groups in total. The van der Waals surface area contributed by atoms with Crippen molar-refractivity contribution in [3.63, 3.8) is 0 Å². The number of para-hydroxylation sites is 2. The van der Waals surface area contributed by atoms with Gasteiger partial charge in [0.25, 0.3) is 0 Å². The standard InChI is InChI=1S/C22H24N4O3/c1-28-19-10-9-16(12-20(19)29-2)24-22(27)15-6-5-11-26(14-15)21-13-23-17-7-3-4-8-18(17)25-21/h3-4,7-10,12-13,15H,5-6,11,14H2,1-2H3,(H,24,27)/t15-/m1/s1. The fraction of sp³-hybridized carbons (Fsp3) is 0.318. The number of nitrogens with one attached hydrogen (secondary N) is 1. The molecular weight excluding hydrogens is 368 g/mol. The van der Waals surface area contributed by atoms with E-state index in [-0.39, 0.29) is 11.8 Å². The van der Waals surface area contributed by atoms with Gasteiger partial charge in [0.1, 0.15) is 5.82 Å². The summed E-state index contributed by atoms with van der Waals surface area (Å²) in [4.78, 5) is 24.2. The molecule has 150 valence electrons. The van der Waals surface area contributed by atoms with Crippen LogP contribution in [0, 0.1) is 5.92 Å². The summed E-state index contributed by atoms with van der Waals surface area (Å²) in [5.74, 6) is 1.90. The molecule has 0 unspecified atom stereocenters. The maximum atomic E-state index is 12.9. The summed E-state index contributed by atoms with van der Waals surface area (Å²) in [6.45, 7) is 1.49. The number of anilines is 2. The summed E-state index contributed by atoms with van der Waals surface area (Å²) in [7, 11) is 3.16. The van der Waals surface area contributed by atoms with E-state index in [1.165, 1.54) is 0 Å². The van der Waals surface area contributed by atoms with Gasteiger partial charge in [-0.2, -0.15) is 0 Å². The number of hydrogen-bond donors (Lipinski definition) is 1. The van der Waals surface area contributed by atoms with Crippen LogP contribution in [0.4, 0.5) is 11.5 Å². The van der Waals surface area contributed by atoms with Gasteiger partial charge in [0, 0.05) is 24.8 Å². The fourth-order valence-electron chi connectivity index (χ4n) is 3.66. The minimum atomic E-state index is -0.120. The van der Waals surface area contributed by atoms with Crippen molar-refractivity contribution in [1.29, 1.82) is 0 Å². The molecule has 7 nitrogen and oxygen atoms in total. The smallest absolute Gasteiger partial charge is 0.229 e. The molecule has 1 aliphatic heterocycles. The lowest BCUT2D eigenvalue weighted by Crippen LogP contribution is -2.41. The summed E-state index contributed by atoms with van der Waals surface area (Å²) in [5, 5.41) is 3.00. The van der Waals surface area contributed by atoms with Gasteiger partial charge in [0.2, 0.25) is 5.91 Å². The van der Waals surface area contributed by atoms with Crippen LogP contribution in [0.15, 0.2) is 48.7 Å². The van der Waals surface area contributed by atoms with Crippen molar-refractivity contribution in [2.24, 2.45) is 5.92 Å². The lowest BCUT2D eigenvalue weighted by molar-refractivity contribution is -0.120. The lowest BCUT2D eigenvalue weighted by atomic mass is 9.97. The molecule has 1 saturated heterocycles. The molecule has 0 spiro atoms. The molecule has 0 radical (unpaired) electrons. The van der Waals surface area contributed by atoms with Crippen LogP contribution in [0.25, 0.3) is 11.0 Å². The summed E-state index contributed by atoms with van der Waals surface area (Å²) < 4.78 is 10.6. The summed E-state index contributed by atoms with van der Waals surface area (Å²) >= 11 is 0. The van der Waals surface area contributed by atoms with Crippen LogP contribution < -0.4 is 19.7 Å². The Kier molecular flexibility index (Phi) is 5.46. The van der Waals surface area contributed by atoms with Gasteiger partial charge in [0.15, 0.2) is 11.5 Å². The molecule has 1 aromatic heterocycles. The van der Waals surface area contributed by atoms with Crippen LogP contribution in [0.3, 0.4) is 0 Å². The Balaban J connectivity index is 1.46. The number of amides is 1. The second-order valence-electron chi connectivity index (χ2n) is 7.06. The number of aromatic nitrogens is 2. The first-order valence-corrected chi connectivity index (χ1v) is 9.67. The normalized spacial score (nSPS) is 16.5. The second-order valence-corrected chi connectivity index (χ2v) is 7.06. The third-order valence-corrected chi connectivity index (χ3v) is 5.20. The number of fused-ring (bicyclic) bond motifs is 1. The van der Waals surface area contributed by atoms with Gasteiger partial charge in [-0.05, 0) is 37.1 Å². The molecular formula is C22H24N4O3. The molecule has 3 aromatic rings. The Morgan fingerprint density at radius 2 is 1.90 bits per heavy atom. The van der Waals surface area contributed by atoms with Crippen molar-refractivity contribution in [3.05, 3.63) is 48.7 Å². The topological polar surface area (TPSA) is 76.6 Å². The number of benzene rings is 2. The predicted octanol–water partition coefficient (Wildman–Crippen LogP) is 3.50. The average molecular weight is 392 g/mol. The zero-order valence-corrected chi connectivity index (χ0v) is 16.6. The number of ether oxygens (including phenoxy) is 2. The molecule has 29 heavy (non-hydrogen) atoms. The van der Waals surface area contributed by atoms with E-state index in [1.807, 2.05) is 30.3 Å². The third-order valence-electron chi connectivity index (χ3n) is 5.20. The molecule has 4 rings (SSSR count). The van der Waals surface area contributed by atoms with Crippen LogP contribution in [-0.4, -0.2) is 43.2 Å².